The van der Waals surface area contributed by atoms with E-state index in [1.165, 1.54) is 0 Å². The lowest BCUT2D eigenvalue weighted by molar-refractivity contribution is -0.140. The summed E-state index contributed by atoms with van der Waals surface area (Å²) in [7, 11) is -3.27. The van der Waals surface area contributed by atoms with Crippen LogP contribution in [-0.4, -0.2) is 26.7 Å². The Hall–Kier alpha value is -1.50. The van der Waals surface area contributed by atoms with Crippen molar-refractivity contribution in [3.05, 3.63) is 29.8 Å². The minimum absolute atomic E-state index is 0.00145. The molecule has 0 saturated heterocycles. The monoisotopic (exact) mass is 306 g/mol. The fourth-order valence-corrected chi connectivity index (χ4v) is 3.52. The highest BCUT2D eigenvalue weighted by Gasteiger charge is 2.36. The number of unbranched alkanes of at least 4 members (excludes halogenated alkanes) is 1. The van der Waals surface area contributed by atoms with E-state index in [2.05, 4.69) is 4.74 Å². The molecule has 20 heavy (non-hydrogen) atoms. The number of benzene rings is 1. The largest absolute Gasteiger partial charge is 0.468 e. The number of hydrogen-bond donors (Lipinski definition) is 0. The maximum absolute atomic E-state index is 13.6. The van der Waals surface area contributed by atoms with Crippen LogP contribution in [0.2, 0.25) is 0 Å². The molecule has 1 unspecified atom stereocenters. The summed E-state index contributed by atoms with van der Waals surface area (Å²) >= 11 is 0. The van der Waals surface area contributed by atoms with Crippen molar-refractivity contribution in [2.24, 2.45) is 0 Å². The van der Waals surface area contributed by atoms with Gasteiger partial charge in [0, 0.05) is 0 Å². The molecule has 0 heterocycles. The molecule has 0 fully saturated rings. The Morgan fingerprint density at radius 1 is 1.35 bits per heavy atom. The quantitative estimate of drug-likeness (QED) is 0.758. The number of hydrogen-bond acceptors (Lipinski definition) is 4. The Balaban J connectivity index is 3.28. The maximum atomic E-state index is 13.6. The van der Waals surface area contributed by atoms with Crippen LogP contribution in [0.15, 0.2) is 23.1 Å². The highest BCUT2D eigenvalue weighted by atomic mass is 32.2. The molecule has 0 spiro atoms. The fourth-order valence-electron chi connectivity index (χ4n) is 1.77. The Kier molecular flexibility index (Phi) is 5.62. The second kappa shape index (κ2) is 6.78. The van der Waals surface area contributed by atoms with E-state index in [4.69, 9.17) is 0 Å². The zero-order valence-corrected chi connectivity index (χ0v) is 12.0. The van der Waals surface area contributed by atoms with Gasteiger partial charge in [0.25, 0.3) is 0 Å². The lowest BCUT2D eigenvalue weighted by atomic mass is 10.2. The molecule has 0 radical (unpaired) electrons. The average Bonchev–Trinajstić information content (AvgIpc) is 2.41. The third-order valence-electron chi connectivity index (χ3n) is 2.86. The van der Waals surface area contributed by atoms with Gasteiger partial charge in [-0.05, 0) is 24.6 Å². The number of rotatable bonds is 6. The van der Waals surface area contributed by atoms with Crippen molar-refractivity contribution in [2.75, 3.05) is 7.11 Å². The zero-order chi connectivity index (χ0) is 15.3. The molecule has 0 bridgehead atoms. The van der Waals surface area contributed by atoms with Crippen LogP contribution in [0.3, 0.4) is 0 Å². The second-order valence-electron chi connectivity index (χ2n) is 4.27. The van der Waals surface area contributed by atoms with Gasteiger partial charge in [0.15, 0.2) is 15.1 Å². The number of methoxy groups -OCH3 is 1. The van der Waals surface area contributed by atoms with Crippen LogP contribution in [0.5, 0.6) is 0 Å². The number of carbonyl (C=O) groups is 1. The van der Waals surface area contributed by atoms with Gasteiger partial charge in [-0.2, -0.15) is 0 Å². The lowest BCUT2D eigenvalue weighted by Gasteiger charge is -2.15. The van der Waals surface area contributed by atoms with E-state index in [1.807, 2.05) is 6.92 Å². The van der Waals surface area contributed by atoms with Gasteiger partial charge in [-0.3, -0.25) is 4.79 Å². The second-order valence-corrected chi connectivity index (χ2v) is 6.37. The summed E-state index contributed by atoms with van der Waals surface area (Å²) in [6, 6.07) is 2.11. The zero-order valence-electron chi connectivity index (χ0n) is 11.2. The Morgan fingerprint density at radius 2 is 2.00 bits per heavy atom. The van der Waals surface area contributed by atoms with Gasteiger partial charge in [-0.1, -0.05) is 19.8 Å². The SMILES string of the molecule is CCCCC(C(=O)OC)S(=O)(=O)c1cc(F)ccc1F. The molecule has 0 N–H and O–H groups in total. The molecule has 1 aromatic carbocycles. The van der Waals surface area contributed by atoms with E-state index in [-0.39, 0.29) is 6.42 Å². The highest BCUT2D eigenvalue weighted by Crippen LogP contribution is 2.24. The summed E-state index contributed by atoms with van der Waals surface area (Å²) in [4.78, 5) is 10.8. The van der Waals surface area contributed by atoms with Crippen LogP contribution >= 0.6 is 0 Å². The van der Waals surface area contributed by atoms with Gasteiger partial charge >= 0.3 is 5.97 Å². The average molecular weight is 306 g/mol. The van der Waals surface area contributed by atoms with Crippen LogP contribution in [0.4, 0.5) is 8.78 Å². The molecule has 0 aromatic heterocycles. The molecule has 1 aromatic rings. The van der Waals surface area contributed by atoms with Crippen LogP contribution in [-0.2, 0) is 19.4 Å². The Morgan fingerprint density at radius 3 is 2.55 bits per heavy atom. The van der Waals surface area contributed by atoms with Crippen LogP contribution in [0, 0.1) is 11.6 Å². The van der Waals surface area contributed by atoms with Crippen LogP contribution < -0.4 is 0 Å². The summed E-state index contributed by atoms with van der Waals surface area (Å²) in [5, 5.41) is -1.52. The van der Waals surface area contributed by atoms with Crippen LogP contribution in [0.1, 0.15) is 26.2 Å². The molecule has 7 heteroatoms. The summed E-state index contributed by atoms with van der Waals surface area (Å²) in [5.41, 5.74) is 0. The molecule has 0 amide bonds. The summed E-state index contributed by atoms with van der Waals surface area (Å²) in [5.74, 6) is -2.94. The number of esters is 1. The minimum Gasteiger partial charge on any atom is -0.468 e. The van der Waals surface area contributed by atoms with E-state index in [0.717, 1.165) is 19.2 Å². The van der Waals surface area contributed by atoms with Crippen molar-refractivity contribution in [1.82, 2.24) is 0 Å². The Bertz CT molecular complexity index is 584. The molecular formula is C13H16F2O4S. The summed E-state index contributed by atoms with van der Waals surface area (Å²) < 4.78 is 55.8. The number of carbonyl (C=O) groups excluding carboxylic acids is 1. The molecule has 0 aliphatic heterocycles. The normalized spacial score (nSPS) is 13.0. The van der Waals surface area contributed by atoms with Crippen LogP contribution in [0.25, 0.3) is 0 Å². The first-order valence-corrected chi connectivity index (χ1v) is 7.66. The van der Waals surface area contributed by atoms with Crippen molar-refractivity contribution in [3.8, 4) is 0 Å². The maximum Gasteiger partial charge on any atom is 0.324 e. The molecule has 0 saturated carbocycles. The molecule has 0 aliphatic rings. The summed E-state index contributed by atoms with van der Waals surface area (Å²) in [6.45, 7) is 1.82. The topological polar surface area (TPSA) is 60.4 Å². The first-order chi connectivity index (χ1) is 9.34. The number of sulfone groups is 1. The number of halogens is 2. The van der Waals surface area contributed by atoms with E-state index in [0.29, 0.717) is 18.9 Å². The molecule has 4 nitrogen and oxygen atoms in total. The van der Waals surface area contributed by atoms with Gasteiger partial charge < -0.3 is 4.74 Å². The minimum atomic E-state index is -4.33. The van der Waals surface area contributed by atoms with Gasteiger partial charge in [-0.15, -0.1) is 0 Å². The lowest BCUT2D eigenvalue weighted by Crippen LogP contribution is -2.32. The molecule has 0 aliphatic carbocycles. The smallest absolute Gasteiger partial charge is 0.324 e. The third-order valence-corrected chi connectivity index (χ3v) is 4.96. The van der Waals surface area contributed by atoms with Crippen molar-refractivity contribution in [2.45, 2.75) is 36.3 Å². The predicted octanol–water partition coefficient (Wildman–Crippen LogP) is 2.47. The van der Waals surface area contributed by atoms with E-state index >= 15 is 0 Å². The van der Waals surface area contributed by atoms with Gasteiger partial charge in [0.05, 0.1) is 7.11 Å². The summed E-state index contributed by atoms with van der Waals surface area (Å²) in [6.07, 6.45) is 1.12. The first kappa shape index (κ1) is 16.6. The first-order valence-electron chi connectivity index (χ1n) is 6.11. The molecule has 1 atom stereocenters. The molecule has 1 rings (SSSR count). The van der Waals surface area contributed by atoms with Gasteiger partial charge in [0.1, 0.15) is 16.5 Å². The highest BCUT2D eigenvalue weighted by molar-refractivity contribution is 7.92. The standard InChI is InChI=1S/C13H16F2O4S/c1-3-4-5-11(13(16)19-2)20(17,18)12-8-9(14)6-7-10(12)15/h6-8,11H,3-5H2,1-2H3. The van der Waals surface area contributed by atoms with Crippen molar-refractivity contribution >= 4 is 15.8 Å². The van der Waals surface area contributed by atoms with E-state index in [1.54, 1.807) is 0 Å². The predicted molar refractivity (Wildman–Crippen MR) is 68.9 cm³/mol. The van der Waals surface area contributed by atoms with E-state index < -0.39 is 37.6 Å². The molecule has 112 valence electrons. The van der Waals surface area contributed by atoms with Crippen molar-refractivity contribution in [1.29, 1.82) is 0 Å². The Labute approximate surface area is 116 Å². The van der Waals surface area contributed by atoms with Crippen molar-refractivity contribution < 1.29 is 26.7 Å². The third kappa shape index (κ3) is 3.53. The van der Waals surface area contributed by atoms with Gasteiger partial charge in [-0.25, -0.2) is 17.2 Å². The fraction of sp³-hybridized carbons (Fsp3) is 0.462. The molecular weight excluding hydrogens is 290 g/mol. The number of ether oxygens (including phenoxy) is 1. The van der Waals surface area contributed by atoms with Crippen molar-refractivity contribution in [3.63, 3.8) is 0 Å². The van der Waals surface area contributed by atoms with Gasteiger partial charge in [0.2, 0.25) is 0 Å². The van der Waals surface area contributed by atoms with E-state index in [9.17, 15) is 22.0 Å².